The topological polar surface area (TPSA) is 46.3 Å². The molecule has 0 aliphatic carbocycles. The van der Waals surface area contributed by atoms with E-state index in [0.717, 1.165) is 18.9 Å². The highest BCUT2D eigenvalue weighted by atomic mass is 16.1. The lowest BCUT2D eigenvalue weighted by atomic mass is 9.83. The predicted molar refractivity (Wildman–Crippen MR) is 46.5 cm³/mol. The molecule has 0 spiro atoms. The molecule has 3 heteroatoms. The normalized spacial score (nSPS) is 40.8. The molecule has 2 heterocycles. The molecule has 0 saturated carbocycles. The lowest BCUT2D eigenvalue weighted by Crippen LogP contribution is -2.47. The summed E-state index contributed by atoms with van der Waals surface area (Å²) in [6.45, 7) is 3.27. The molecule has 68 valence electrons. The molecule has 2 aliphatic heterocycles. The first-order chi connectivity index (χ1) is 5.75. The van der Waals surface area contributed by atoms with Gasteiger partial charge < -0.3 is 10.6 Å². The van der Waals surface area contributed by atoms with Crippen molar-refractivity contribution in [1.82, 2.24) is 4.90 Å². The lowest BCUT2D eigenvalue weighted by molar-refractivity contribution is -0.124. The average Bonchev–Trinajstić information content (AvgIpc) is 2.03. The van der Waals surface area contributed by atoms with E-state index >= 15 is 0 Å². The molecular formula is C9H16N2O. The van der Waals surface area contributed by atoms with Crippen molar-refractivity contribution in [3.05, 3.63) is 0 Å². The van der Waals surface area contributed by atoms with Crippen molar-refractivity contribution < 1.29 is 4.79 Å². The SMILES string of the molecule is NC(=O)C1CC2CCCN(C2)C1. The Morgan fingerprint density at radius 1 is 1.42 bits per heavy atom. The summed E-state index contributed by atoms with van der Waals surface area (Å²) in [7, 11) is 0. The molecule has 0 radical (unpaired) electrons. The van der Waals surface area contributed by atoms with Crippen LogP contribution in [0.25, 0.3) is 0 Å². The number of hydrogen-bond donors (Lipinski definition) is 1. The van der Waals surface area contributed by atoms with Crippen LogP contribution in [0.15, 0.2) is 0 Å². The lowest BCUT2D eigenvalue weighted by Gasteiger charge is -2.40. The Hall–Kier alpha value is -0.570. The summed E-state index contributed by atoms with van der Waals surface area (Å²) in [6, 6.07) is 0. The zero-order valence-electron chi connectivity index (χ0n) is 7.33. The second kappa shape index (κ2) is 3.05. The molecule has 0 aromatic rings. The number of carbonyl (C=O) groups excluding carboxylic acids is 1. The van der Waals surface area contributed by atoms with Crippen LogP contribution in [0, 0.1) is 11.8 Å². The first-order valence-electron chi connectivity index (χ1n) is 4.77. The van der Waals surface area contributed by atoms with E-state index in [2.05, 4.69) is 4.90 Å². The Labute approximate surface area is 72.9 Å². The van der Waals surface area contributed by atoms with Crippen LogP contribution < -0.4 is 5.73 Å². The zero-order chi connectivity index (χ0) is 8.55. The van der Waals surface area contributed by atoms with E-state index in [9.17, 15) is 4.79 Å². The van der Waals surface area contributed by atoms with Crippen molar-refractivity contribution in [1.29, 1.82) is 0 Å². The number of hydrogen-bond acceptors (Lipinski definition) is 2. The Bertz CT molecular complexity index is 181. The van der Waals surface area contributed by atoms with Crippen molar-refractivity contribution in [2.45, 2.75) is 19.3 Å². The second-order valence-electron chi connectivity index (χ2n) is 4.10. The van der Waals surface area contributed by atoms with Crippen LogP contribution in [0.1, 0.15) is 19.3 Å². The molecule has 2 aliphatic rings. The quantitative estimate of drug-likeness (QED) is 0.608. The van der Waals surface area contributed by atoms with Crippen molar-refractivity contribution in [2.24, 2.45) is 17.6 Å². The summed E-state index contributed by atoms with van der Waals surface area (Å²) < 4.78 is 0. The van der Waals surface area contributed by atoms with Crippen LogP contribution in [0.2, 0.25) is 0 Å². The molecule has 1 amide bonds. The maximum absolute atomic E-state index is 11.0. The van der Waals surface area contributed by atoms with Crippen LogP contribution in [0.3, 0.4) is 0 Å². The zero-order valence-corrected chi connectivity index (χ0v) is 7.33. The molecule has 3 atom stereocenters. The van der Waals surface area contributed by atoms with Gasteiger partial charge in [-0.25, -0.2) is 0 Å². The molecule has 12 heavy (non-hydrogen) atoms. The standard InChI is InChI=1S/C9H16N2O/c10-9(12)8-4-7-2-1-3-11(5-7)6-8/h7-8H,1-6H2,(H2,10,12). The third-order valence-corrected chi connectivity index (χ3v) is 3.10. The van der Waals surface area contributed by atoms with Gasteiger partial charge >= 0.3 is 0 Å². The van der Waals surface area contributed by atoms with Gasteiger partial charge in [0.15, 0.2) is 0 Å². The summed E-state index contributed by atoms with van der Waals surface area (Å²) in [5.41, 5.74) is 5.30. The van der Waals surface area contributed by atoms with Crippen LogP contribution in [-0.4, -0.2) is 30.4 Å². The molecule has 3 unspecified atom stereocenters. The molecule has 2 saturated heterocycles. The van der Waals surface area contributed by atoms with E-state index in [0.29, 0.717) is 0 Å². The third kappa shape index (κ3) is 1.46. The van der Waals surface area contributed by atoms with Crippen molar-refractivity contribution in [2.75, 3.05) is 19.6 Å². The van der Waals surface area contributed by atoms with E-state index in [4.69, 9.17) is 5.73 Å². The number of nitrogens with zero attached hydrogens (tertiary/aromatic N) is 1. The fourth-order valence-corrected chi connectivity index (χ4v) is 2.50. The van der Waals surface area contributed by atoms with Crippen LogP contribution in [0.4, 0.5) is 0 Å². The van der Waals surface area contributed by atoms with Crippen molar-refractivity contribution >= 4 is 5.91 Å². The van der Waals surface area contributed by atoms with Crippen LogP contribution >= 0.6 is 0 Å². The van der Waals surface area contributed by atoms with Gasteiger partial charge in [-0.15, -0.1) is 0 Å². The number of nitrogens with two attached hydrogens (primary N) is 1. The van der Waals surface area contributed by atoms with Gasteiger partial charge in [0.05, 0.1) is 5.92 Å². The van der Waals surface area contributed by atoms with Crippen molar-refractivity contribution in [3.8, 4) is 0 Å². The van der Waals surface area contributed by atoms with Gasteiger partial charge in [0.2, 0.25) is 5.91 Å². The number of piperidine rings is 2. The van der Waals surface area contributed by atoms with E-state index in [-0.39, 0.29) is 11.8 Å². The number of rotatable bonds is 1. The molecule has 3 nitrogen and oxygen atoms in total. The van der Waals surface area contributed by atoms with E-state index < -0.39 is 0 Å². The van der Waals surface area contributed by atoms with Gasteiger partial charge in [-0.2, -0.15) is 0 Å². The number of amides is 1. The summed E-state index contributed by atoms with van der Waals surface area (Å²) >= 11 is 0. The van der Waals surface area contributed by atoms with E-state index in [1.54, 1.807) is 0 Å². The number of carbonyl (C=O) groups is 1. The maximum atomic E-state index is 11.0. The van der Waals surface area contributed by atoms with E-state index in [1.165, 1.54) is 25.9 Å². The summed E-state index contributed by atoms with van der Waals surface area (Å²) in [5.74, 6) is 0.764. The molecule has 2 bridgehead atoms. The molecular weight excluding hydrogens is 152 g/mol. The van der Waals surface area contributed by atoms with Gasteiger partial charge in [0.25, 0.3) is 0 Å². The molecule has 0 aromatic heterocycles. The van der Waals surface area contributed by atoms with Gasteiger partial charge in [-0.05, 0) is 31.7 Å². The molecule has 0 aromatic carbocycles. The third-order valence-electron chi connectivity index (χ3n) is 3.10. The molecule has 2 rings (SSSR count). The Balaban J connectivity index is 2.00. The molecule has 2 fully saturated rings. The highest BCUT2D eigenvalue weighted by Crippen LogP contribution is 2.29. The van der Waals surface area contributed by atoms with Crippen molar-refractivity contribution in [3.63, 3.8) is 0 Å². The monoisotopic (exact) mass is 168 g/mol. The van der Waals surface area contributed by atoms with Gasteiger partial charge in [0.1, 0.15) is 0 Å². The van der Waals surface area contributed by atoms with Gasteiger partial charge in [-0.1, -0.05) is 0 Å². The largest absolute Gasteiger partial charge is 0.369 e. The van der Waals surface area contributed by atoms with Crippen LogP contribution in [0.5, 0.6) is 0 Å². The Morgan fingerprint density at radius 2 is 2.25 bits per heavy atom. The molecule has 2 N–H and O–H groups in total. The summed E-state index contributed by atoms with van der Waals surface area (Å²) in [4.78, 5) is 13.4. The fraction of sp³-hybridized carbons (Fsp3) is 0.889. The minimum absolute atomic E-state index is 0.105. The number of fused-ring (bicyclic) bond motifs is 2. The van der Waals surface area contributed by atoms with Crippen LogP contribution in [-0.2, 0) is 4.79 Å². The van der Waals surface area contributed by atoms with E-state index in [1.807, 2.05) is 0 Å². The Morgan fingerprint density at radius 3 is 2.92 bits per heavy atom. The highest BCUT2D eigenvalue weighted by molar-refractivity contribution is 5.77. The van der Waals surface area contributed by atoms with Gasteiger partial charge in [0, 0.05) is 13.1 Å². The second-order valence-corrected chi connectivity index (χ2v) is 4.10. The summed E-state index contributed by atoms with van der Waals surface area (Å²) in [5, 5.41) is 0. The number of primary amides is 1. The Kier molecular flexibility index (Phi) is 2.05. The minimum Gasteiger partial charge on any atom is -0.369 e. The van der Waals surface area contributed by atoms with Gasteiger partial charge in [-0.3, -0.25) is 4.79 Å². The minimum atomic E-state index is -0.105. The maximum Gasteiger partial charge on any atom is 0.221 e. The first kappa shape index (κ1) is 8.05. The average molecular weight is 168 g/mol. The predicted octanol–water partition coefficient (Wildman–Crippen LogP) is 0.204. The highest BCUT2D eigenvalue weighted by Gasteiger charge is 2.32. The first-order valence-corrected chi connectivity index (χ1v) is 4.77. The summed E-state index contributed by atoms with van der Waals surface area (Å²) in [6.07, 6.45) is 3.63. The smallest absolute Gasteiger partial charge is 0.221 e. The fourth-order valence-electron chi connectivity index (χ4n) is 2.50.